The number of amides is 1. The normalized spacial score (nSPS) is 12.8. The highest BCUT2D eigenvalue weighted by Gasteiger charge is 2.12. The lowest BCUT2D eigenvalue weighted by molar-refractivity contribution is -0.122. The summed E-state index contributed by atoms with van der Waals surface area (Å²) in [6.45, 7) is 6.92. The van der Waals surface area contributed by atoms with Crippen LogP contribution in [0.25, 0.3) is 0 Å². The van der Waals surface area contributed by atoms with Crippen LogP contribution in [-0.2, 0) is 9.53 Å². The van der Waals surface area contributed by atoms with Gasteiger partial charge >= 0.3 is 0 Å². The molecule has 0 heterocycles. The summed E-state index contributed by atoms with van der Waals surface area (Å²) in [5.41, 5.74) is 5.57. The van der Waals surface area contributed by atoms with Gasteiger partial charge in [-0.25, -0.2) is 0 Å². The third kappa shape index (κ3) is 7.62. The standard InChI is InChI=1S/C11H25N3O2/c1-4-6-13-11(15)9-14(3)8-10(7-12)16-5-2/h10H,4-9,12H2,1-3H3,(H,13,15). The molecule has 0 spiro atoms. The SMILES string of the molecule is CCCNC(=O)CN(C)CC(CN)OCC. The lowest BCUT2D eigenvalue weighted by Gasteiger charge is -2.22. The van der Waals surface area contributed by atoms with Crippen LogP contribution in [0.4, 0.5) is 0 Å². The first kappa shape index (κ1) is 15.3. The van der Waals surface area contributed by atoms with Gasteiger partial charge in [-0.05, 0) is 20.4 Å². The molecule has 0 aliphatic rings. The third-order valence-corrected chi connectivity index (χ3v) is 2.17. The summed E-state index contributed by atoms with van der Waals surface area (Å²) in [5.74, 6) is 0.0524. The van der Waals surface area contributed by atoms with Gasteiger partial charge in [0.25, 0.3) is 0 Å². The van der Waals surface area contributed by atoms with E-state index in [1.807, 2.05) is 25.8 Å². The number of carbonyl (C=O) groups excluding carboxylic acids is 1. The molecular formula is C11H25N3O2. The molecule has 0 aromatic carbocycles. The maximum absolute atomic E-state index is 11.4. The highest BCUT2D eigenvalue weighted by molar-refractivity contribution is 5.77. The summed E-state index contributed by atoms with van der Waals surface area (Å²) in [7, 11) is 1.90. The third-order valence-electron chi connectivity index (χ3n) is 2.17. The Bertz CT molecular complexity index is 188. The van der Waals surface area contributed by atoms with E-state index in [1.54, 1.807) is 0 Å². The molecule has 0 bridgehead atoms. The Morgan fingerprint density at radius 2 is 2.19 bits per heavy atom. The zero-order chi connectivity index (χ0) is 12.4. The van der Waals surface area contributed by atoms with E-state index in [0.717, 1.165) is 13.0 Å². The minimum absolute atomic E-state index is 0.00831. The zero-order valence-corrected chi connectivity index (χ0v) is 10.7. The molecule has 0 rings (SSSR count). The quantitative estimate of drug-likeness (QED) is 0.577. The van der Waals surface area contributed by atoms with E-state index in [2.05, 4.69) is 5.32 Å². The van der Waals surface area contributed by atoms with E-state index in [1.165, 1.54) is 0 Å². The molecule has 1 atom stereocenters. The molecule has 3 N–H and O–H groups in total. The molecule has 5 nitrogen and oxygen atoms in total. The number of rotatable bonds is 9. The fourth-order valence-corrected chi connectivity index (χ4v) is 1.41. The molecular weight excluding hydrogens is 206 g/mol. The Morgan fingerprint density at radius 1 is 1.50 bits per heavy atom. The monoisotopic (exact) mass is 231 g/mol. The maximum Gasteiger partial charge on any atom is 0.234 e. The van der Waals surface area contributed by atoms with E-state index >= 15 is 0 Å². The van der Waals surface area contributed by atoms with Crippen LogP contribution in [0.3, 0.4) is 0 Å². The number of nitrogens with one attached hydrogen (secondary N) is 1. The van der Waals surface area contributed by atoms with Gasteiger partial charge in [0.1, 0.15) is 0 Å². The van der Waals surface area contributed by atoms with Crippen molar-refractivity contribution >= 4 is 5.91 Å². The molecule has 0 aromatic heterocycles. The molecule has 0 aromatic rings. The maximum atomic E-state index is 11.4. The molecule has 16 heavy (non-hydrogen) atoms. The van der Waals surface area contributed by atoms with Crippen LogP contribution >= 0.6 is 0 Å². The highest BCUT2D eigenvalue weighted by atomic mass is 16.5. The first-order valence-corrected chi connectivity index (χ1v) is 5.90. The van der Waals surface area contributed by atoms with Crippen molar-refractivity contribution in [2.45, 2.75) is 26.4 Å². The molecule has 0 saturated carbocycles. The van der Waals surface area contributed by atoms with E-state index in [0.29, 0.717) is 26.2 Å². The van der Waals surface area contributed by atoms with Crippen molar-refractivity contribution in [3.05, 3.63) is 0 Å². The summed E-state index contributed by atoms with van der Waals surface area (Å²) in [6, 6.07) is 0. The summed E-state index contributed by atoms with van der Waals surface area (Å²) >= 11 is 0. The van der Waals surface area contributed by atoms with Crippen LogP contribution < -0.4 is 11.1 Å². The molecule has 96 valence electrons. The van der Waals surface area contributed by atoms with Gasteiger partial charge in [0.15, 0.2) is 0 Å². The molecule has 1 unspecified atom stereocenters. The number of nitrogens with zero attached hydrogens (tertiary/aromatic N) is 1. The first-order chi connectivity index (χ1) is 7.63. The van der Waals surface area contributed by atoms with Gasteiger partial charge in [-0.2, -0.15) is 0 Å². The highest BCUT2D eigenvalue weighted by Crippen LogP contribution is 1.93. The summed E-state index contributed by atoms with van der Waals surface area (Å²) in [4.78, 5) is 13.3. The zero-order valence-electron chi connectivity index (χ0n) is 10.7. The molecule has 0 radical (unpaired) electrons. The van der Waals surface area contributed by atoms with Crippen molar-refractivity contribution in [1.29, 1.82) is 0 Å². The lowest BCUT2D eigenvalue weighted by atomic mass is 10.3. The number of hydrogen-bond donors (Lipinski definition) is 2. The van der Waals surface area contributed by atoms with E-state index in [4.69, 9.17) is 10.5 Å². The van der Waals surface area contributed by atoms with Crippen LogP contribution in [0.15, 0.2) is 0 Å². The van der Waals surface area contributed by atoms with Crippen molar-refractivity contribution < 1.29 is 9.53 Å². The van der Waals surface area contributed by atoms with Crippen LogP contribution in [-0.4, -0.2) is 56.7 Å². The fraction of sp³-hybridized carbons (Fsp3) is 0.909. The van der Waals surface area contributed by atoms with Crippen LogP contribution in [0.1, 0.15) is 20.3 Å². The average molecular weight is 231 g/mol. The van der Waals surface area contributed by atoms with Gasteiger partial charge in [-0.1, -0.05) is 6.92 Å². The summed E-state index contributed by atoms with van der Waals surface area (Å²) in [5, 5.41) is 2.83. The topological polar surface area (TPSA) is 67.6 Å². The number of hydrogen-bond acceptors (Lipinski definition) is 4. The van der Waals surface area contributed by atoms with Gasteiger partial charge in [-0.3, -0.25) is 9.69 Å². The Labute approximate surface area is 98.3 Å². The predicted octanol–water partition coefficient (Wildman–Crippen LogP) is -0.192. The Hall–Kier alpha value is -0.650. The van der Waals surface area contributed by atoms with Gasteiger partial charge < -0.3 is 15.8 Å². The molecule has 0 aliphatic heterocycles. The number of ether oxygens (including phenoxy) is 1. The van der Waals surface area contributed by atoms with Crippen molar-refractivity contribution in [1.82, 2.24) is 10.2 Å². The van der Waals surface area contributed by atoms with E-state index < -0.39 is 0 Å². The Balaban J connectivity index is 3.77. The van der Waals surface area contributed by atoms with Crippen LogP contribution in [0.2, 0.25) is 0 Å². The Kier molecular flexibility index (Phi) is 9.18. The van der Waals surface area contributed by atoms with Crippen molar-refractivity contribution in [3.63, 3.8) is 0 Å². The molecule has 0 fully saturated rings. The van der Waals surface area contributed by atoms with Crippen molar-refractivity contribution in [2.24, 2.45) is 5.73 Å². The summed E-state index contributed by atoms with van der Waals surface area (Å²) < 4.78 is 5.43. The first-order valence-electron chi connectivity index (χ1n) is 5.90. The molecule has 0 aliphatic carbocycles. The minimum Gasteiger partial charge on any atom is -0.376 e. The Morgan fingerprint density at radius 3 is 2.69 bits per heavy atom. The van der Waals surface area contributed by atoms with E-state index in [-0.39, 0.29) is 12.0 Å². The van der Waals surface area contributed by atoms with Crippen LogP contribution in [0, 0.1) is 0 Å². The van der Waals surface area contributed by atoms with Gasteiger partial charge in [0.05, 0.1) is 12.6 Å². The van der Waals surface area contributed by atoms with Crippen molar-refractivity contribution in [2.75, 3.05) is 39.8 Å². The molecule has 0 saturated heterocycles. The summed E-state index contributed by atoms with van der Waals surface area (Å²) in [6.07, 6.45) is 0.966. The number of likely N-dealkylation sites (N-methyl/N-ethyl adjacent to an activating group) is 1. The number of carbonyl (C=O) groups is 1. The van der Waals surface area contributed by atoms with Gasteiger partial charge in [0.2, 0.25) is 5.91 Å². The second kappa shape index (κ2) is 9.57. The van der Waals surface area contributed by atoms with Crippen molar-refractivity contribution in [3.8, 4) is 0 Å². The largest absolute Gasteiger partial charge is 0.376 e. The van der Waals surface area contributed by atoms with Gasteiger partial charge in [-0.15, -0.1) is 0 Å². The minimum atomic E-state index is 0.00831. The number of nitrogens with two attached hydrogens (primary N) is 1. The molecule has 5 heteroatoms. The van der Waals surface area contributed by atoms with E-state index in [9.17, 15) is 4.79 Å². The van der Waals surface area contributed by atoms with Crippen LogP contribution in [0.5, 0.6) is 0 Å². The second-order valence-electron chi connectivity index (χ2n) is 3.86. The molecule has 1 amide bonds. The van der Waals surface area contributed by atoms with Gasteiger partial charge in [0, 0.05) is 26.2 Å². The predicted molar refractivity (Wildman–Crippen MR) is 65.3 cm³/mol. The lowest BCUT2D eigenvalue weighted by Crippen LogP contribution is -2.41. The second-order valence-corrected chi connectivity index (χ2v) is 3.86. The fourth-order valence-electron chi connectivity index (χ4n) is 1.41. The smallest absolute Gasteiger partial charge is 0.234 e. The average Bonchev–Trinajstić information content (AvgIpc) is 2.25.